The molecule has 15 heavy (non-hydrogen) atoms. The van der Waals surface area contributed by atoms with Crippen LogP contribution in [0.5, 0.6) is 0 Å². The van der Waals surface area contributed by atoms with Crippen LogP contribution in [0.3, 0.4) is 0 Å². The third kappa shape index (κ3) is 1.50. The van der Waals surface area contributed by atoms with Gasteiger partial charge in [-0.25, -0.2) is 4.79 Å². The molecule has 0 unspecified atom stereocenters. The summed E-state index contributed by atoms with van der Waals surface area (Å²) in [4.78, 5) is 14.1. The first-order chi connectivity index (χ1) is 7.13. The number of aromatic amines is 1. The molecule has 0 saturated heterocycles. The van der Waals surface area contributed by atoms with Crippen LogP contribution in [0.4, 0.5) is 0 Å². The molecule has 3 nitrogen and oxygen atoms in total. The SMILES string of the molecule is CCc1[nH]c2ccc(C(=O)O)cc2c1C. The predicted octanol–water partition coefficient (Wildman–Crippen LogP) is 2.74. The van der Waals surface area contributed by atoms with Crippen LogP contribution in [0.2, 0.25) is 0 Å². The number of benzene rings is 1. The fourth-order valence-electron chi connectivity index (χ4n) is 1.87. The van der Waals surface area contributed by atoms with Gasteiger partial charge in [-0.05, 0) is 37.1 Å². The third-order valence-corrected chi connectivity index (χ3v) is 2.76. The summed E-state index contributed by atoms with van der Waals surface area (Å²) in [6.07, 6.45) is 0.933. The third-order valence-electron chi connectivity index (χ3n) is 2.76. The van der Waals surface area contributed by atoms with E-state index in [1.165, 1.54) is 5.69 Å². The summed E-state index contributed by atoms with van der Waals surface area (Å²) in [7, 11) is 0. The Morgan fingerprint density at radius 1 is 1.47 bits per heavy atom. The van der Waals surface area contributed by atoms with Crippen LogP contribution in [-0.4, -0.2) is 16.1 Å². The Morgan fingerprint density at radius 2 is 2.20 bits per heavy atom. The molecule has 1 aromatic heterocycles. The van der Waals surface area contributed by atoms with E-state index in [0.29, 0.717) is 5.56 Å². The van der Waals surface area contributed by atoms with E-state index in [-0.39, 0.29) is 0 Å². The molecule has 0 aliphatic carbocycles. The molecule has 0 saturated carbocycles. The number of rotatable bonds is 2. The van der Waals surface area contributed by atoms with Gasteiger partial charge in [-0.1, -0.05) is 6.92 Å². The molecule has 0 fully saturated rings. The number of aromatic carboxylic acids is 1. The lowest BCUT2D eigenvalue weighted by Gasteiger charge is -1.95. The van der Waals surface area contributed by atoms with Crippen molar-refractivity contribution >= 4 is 16.9 Å². The van der Waals surface area contributed by atoms with E-state index in [4.69, 9.17) is 5.11 Å². The number of carbonyl (C=O) groups is 1. The van der Waals surface area contributed by atoms with Crippen molar-refractivity contribution in [3.63, 3.8) is 0 Å². The number of hydrogen-bond donors (Lipinski definition) is 2. The average molecular weight is 203 g/mol. The minimum atomic E-state index is -0.879. The number of carboxylic acid groups (broad SMARTS) is 1. The van der Waals surface area contributed by atoms with E-state index in [2.05, 4.69) is 11.9 Å². The van der Waals surface area contributed by atoms with E-state index in [0.717, 1.165) is 22.9 Å². The Kier molecular flexibility index (Phi) is 2.23. The van der Waals surface area contributed by atoms with Crippen LogP contribution in [0.1, 0.15) is 28.5 Å². The summed E-state index contributed by atoms with van der Waals surface area (Å²) in [5.41, 5.74) is 3.67. The minimum Gasteiger partial charge on any atom is -0.478 e. The lowest BCUT2D eigenvalue weighted by Crippen LogP contribution is -1.94. The highest BCUT2D eigenvalue weighted by Gasteiger charge is 2.09. The number of carboxylic acids is 1. The second-order valence-corrected chi connectivity index (χ2v) is 3.65. The van der Waals surface area contributed by atoms with Gasteiger partial charge in [-0.2, -0.15) is 0 Å². The summed E-state index contributed by atoms with van der Waals surface area (Å²) in [6, 6.07) is 5.17. The highest BCUT2D eigenvalue weighted by Crippen LogP contribution is 2.23. The number of nitrogens with one attached hydrogen (secondary N) is 1. The van der Waals surface area contributed by atoms with Gasteiger partial charge in [-0.15, -0.1) is 0 Å². The summed E-state index contributed by atoms with van der Waals surface area (Å²) < 4.78 is 0. The molecule has 2 aromatic rings. The van der Waals surface area contributed by atoms with E-state index >= 15 is 0 Å². The first-order valence-corrected chi connectivity index (χ1v) is 4.98. The van der Waals surface area contributed by atoms with Crippen molar-refractivity contribution in [2.45, 2.75) is 20.3 Å². The van der Waals surface area contributed by atoms with Crippen LogP contribution in [0.15, 0.2) is 18.2 Å². The van der Waals surface area contributed by atoms with Crippen molar-refractivity contribution in [3.8, 4) is 0 Å². The quantitative estimate of drug-likeness (QED) is 0.788. The topological polar surface area (TPSA) is 53.1 Å². The van der Waals surface area contributed by atoms with Crippen molar-refractivity contribution < 1.29 is 9.90 Å². The van der Waals surface area contributed by atoms with Gasteiger partial charge in [0.1, 0.15) is 0 Å². The first kappa shape index (κ1) is 9.77. The van der Waals surface area contributed by atoms with Crippen LogP contribution in [-0.2, 0) is 6.42 Å². The molecule has 0 amide bonds. The second-order valence-electron chi connectivity index (χ2n) is 3.65. The fourth-order valence-corrected chi connectivity index (χ4v) is 1.87. The molecule has 1 heterocycles. The van der Waals surface area contributed by atoms with Crippen molar-refractivity contribution in [2.75, 3.05) is 0 Å². The Hall–Kier alpha value is -1.77. The highest BCUT2D eigenvalue weighted by atomic mass is 16.4. The molecule has 0 aliphatic heterocycles. The molecule has 0 radical (unpaired) electrons. The van der Waals surface area contributed by atoms with E-state index in [1.54, 1.807) is 12.1 Å². The first-order valence-electron chi connectivity index (χ1n) is 4.98. The van der Waals surface area contributed by atoms with Gasteiger partial charge < -0.3 is 10.1 Å². The zero-order valence-corrected chi connectivity index (χ0v) is 8.79. The zero-order valence-electron chi connectivity index (χ0n) is 8.79. The average Bonchev–Trinajstić information content (AvgIpc) is 2.55. The lowest BCUT2D eigenvalue weighted by molar-refractivity contribution is 0.0697. The van der Waals surface area contributed by atoms with Gasteiger partial charge >= 0.3 is 5.97 Å². The van der Waals surface area contributed by atoms with Crippen molar-refractivity contribution in [3.05, 3.63) is 35.0 Å². The number of aromatic nitrogens is 1. The largest absolute Gasteiger partial charge is 0.478 e. The number of H-pyrrole nitrogens is 1. The van der Waals surface area contributed by atoms with Gasteiger partial charge in [0.05, 0.1) is 5.56 Å². The molecule has 3 heteroatoms. The predicted molar refractivity (Wildman–Crippen MR) is 59.4 cm³/mol. The molecule has 78 valence electrons. The maximum absolute atomic E-state index is 10.8. The number of aryl methyl sites for hydroxylation is 2. The molecule has 1 aromatic carbocycles. The Bertz CT molecular complexity index is 526. The smallest absolute Gasteiger partial charge is 0.335 e. The molecular formula is C12H13NO2. The number of hydrogen-bond acceptors (Lipinski definition) is 1. The van der Waals surface area contributed by atoms with Crippen molar-refractivity contribution in [2.24, 2.45) is 0 Å². The van der Waals surface area contributed by atoms with Crippen LogP contribution >= 0.6 is 0 Å². The van der Waals surface area contributed by atoms with Crippen molar-refractivity contribution in [1.29, 1.82) is 0 Å². The molecule has 0 bridgehead atoms. The fraction of sp³-hybridized carbons (Fsp3) is 0.250. The van der Waals surface area contributed by atoms with E-state index in [9.17, 15) is 4.79 Å². The molecule has 0 atom stereocenters. The maximum Gasteiger partial charge on any atom is 0.335 e. The number of fused-ring (bicyclic) bond motifs is 1. The lowest BCUT2D eigenvalue weighted by atomic mass is 10.1. The van der Waals surface area contributed by atoms with Gasteiger partial charge in [0.2, 0.25) is 0 Å². The maximum atomic E-state index is 10.8. The highest BCUT2D eigenvalue weighted by molar-refractivity contribution is 5.95. The molecule has 0 spiro atoms. The van der Waals surface area contributed by atoms with Crippen LogP contribution in [0, 0.1) is 6.92 Å². The second kappa shape index (κ2) is 3.42. The molecular weight excluding hydrogens is 190 g/mol. The van der Waals surface area contributed by atoms with Crippen LogP contribution in [0.25, 0.3) is 10.9 Å². The molecule has 2 rings (SSSR count). The van der Waals surface area contributed by atoms with Gasteiger partial charge in [0.25, 0.3) is 0 Å². The van der Waals surface area contributed by atoms with E-state index < -0.39 is 5.97 Å². The summed E-state index contributed by atoms with van der Waals surface area (Å²) >= 11 is 0. The monoisotopic (exact) mass is 203 g/mol. The molecule has 2 N–H and O–H groups in total. The van der Waals surface area contributed by atoms with Crippen molar-refractivity contribution in [1.82, 2.24) is 4.98 Å². The van der Waals surface area contributed by atoms with E-state index in [1.807, 2.05) is 13.0 Å². The van der Waals surface area contributed by atoms with Gasteiger partial charge in [0, 0.05) is 16.6 Å². The Balaban J connectivity index is 2.70. The summed E-state index contributed by atoms with van der Waals surface area (Å²) in [5, 5.41) is 9.90. The summed E-state index contributed by atoms with van der Waals surface area (Å²) in [5.74, 6) is -0.879. The van der Waals surface area contributed by atoms with Crippen LogP contribution < -0.4 is 0 Å². The normalized spacial score (nSPS) is 10.8. The Labute approximate surface area is 87.7 Å². The van der Waals surface area contributed by atoms with Gasteiger partial charge in [-0.3, -0.25) is 0 Å². The standard InChI is InChI=1S/C12H13NO2/c1-3-10-7(2)9-6-8(12(14)15)4-5-11(9)13-10/h4-6,13H,3H2,1-2H3,(H,14,15). The van der Waals surface area contributed by atoms with Gasteiger partial charge in [0.15, 0.2) is 0 Å². The molecule has 0 aliphatic rings. The minimum absolute atomic E-state index is 0.340. The summed E-state index contributed by atoms with van der Waals surface area (Å²) in [6.45, 7) is 4.10. The Morgan fingerprint density at radius 3 is 2.80 bits per heavy atom. The zero-order chi connectivity index (χ0) is 11.0.